The molecule has 0 saturated carbocycles. The normalized spacial score (nSPS) is 40.3. The molecule has 15 rings (SSSR count). The van der Waals surface area contributed by atoms with Gasteiger partial charge in [-0.25, -0.2) is 0 Å². The van der Waals surface area contributed by atoms with E-state index in [1.165, 1.54) is 245 Å². The van der Waals surface area contributed by atoms with Crippen LogP contribution in [0.3, 0.4) is 0 Å². The Morgan fingerprint density at radius 3 is 0.965 bits per heavy atom. The quantitative estimate of drug-likeness (QED) is 0.143. The van der Waals surface area contributed by atoms with Crippen molar-refractivity contribution in [3.63, 3.8) is 0 Å². The molecular weight excluding hydrogens is 1390 g/mol. The molecule has 14 unspecified atom stereocenters. The highest BCUT2D eigenvalue weighted by atomic mass is 15.5. The lowest BCUT2D eigenvalue weighted by Gasteiger charge is -2.59. The van der Waals surface area contributed by atoms with Gasteiger partial charge in [-0.2, -0.15) is 0 Å². The van der Waals surface area contributed by atoms with Gasteiger partial charge in [-0.15, -0.1) is 0 Å². The van der Waals surface area contributed by atoms with Crippen LogP contribution in [-0.2, 0) is 0 Å². The van der Waals surface area contributed by atoms with Gasteiger partial charge in [0, 0.05) is 146 Å². The van der Waals surface area contributed by atoms with Crippen molar-refractivity contribution in [2.75, 3.05) is 115 Å². The number of nitrogens with zero attached hydrogens (tertiary/aromatic N) is 11. The van der Waals surface area contributed by atoms with Crippen molar-refractivity contribution in [2.45, 2.75) is 514 Å². The summed E-state index contributed by atoms with van der Waals surface area (Å²) in [5.41, 5.74) is 0.661. The minimum Gasteiger partial charge on any atom is -0.325 e. The van der Waals surface area contributed by atoms with Crippen LogP contribution in [0.25, 0.3) is 0 Å². The Morgan fingerprint density at radius 1 is 0.316 bits per heavy atom. The van der Waals surface area contributed by atoms with Crippen molar-refractivity contribution in [1.82, 2.24) is 14.7 Å². The molecule has 11 nitrogen and oxygen atoms in total. The zero-order valence-electron chi connectivity index (χ0n) is 85.1. The Balaban J connectivity index is 0.000000181. The van der Waals surface area contributed by atoms with Gasteiger partial charge in [0.25, 0.3) is 0 Å². The molecule has 15 fully saturated rings. The minimum absolute atomic E-state index is 0.661. The fraction of sp³-hybridized carbons (Fsp3) is 1.00. The summed E-state index contributed by atoms with van der Waals surface area (Å²) in [6.07, 6.45) is 33.9. The SMILES string of the molecule is CC(C)C12CCC[N+]1(C(C)C)CCC2.CC(C)C1CC2CCC(C1)[N+]2(C)C(C)C.CC(C)C1CC2CCCC(C1)[N+]2(C)C(C)C.CC(C)C1CC[N+]2(C(C)C)CCCC12.CC(C)N1CC2CCC(C1)[N+]2(C)C(C)C.CC(C)N1CC2CCC1C[N+]2(C)C(C)C.CC(C)N1CC2CCCC(C1)[N+]2(C)C(C)C.CC(C)[N+](C)(C)C(C)C. The van der Waals surface area contributed by atoms with E-state index in [9.17, 15) is 0 Å². The Hall–Kier alpha value is -0.440. The van der Waals surface area contributed by atoms with Crippen molar-refractivity contribution >= 4 is 0 Å². The van der Waals surface area contributed by atoms with Crippen molar-refractivity contribution in [3.05, 3.63) is 0 Å². The number of likely N-dealkylation sites (N-methyl/N-ethyl adjacent to an activating group) is 3. The van der Waals surface area contributed by atoms with Crippen LogP contribution in [0.15, 0.2) is 0 Å². The van der Waals surface area contributed by atoms with Gasteiger partial charge < -0.3 is 35.9 Å². The van der Waals surface area contributed by atoms with Gasteiger partial charge in [0.05, 0.1) is 205 Å². The Morgan fingerprint density at radius 2 is 0.675 bits per heavy atom. The van der Waals surface area contributed by atoms with E-state index in [2.05, 4.69) is 286 Å². The first-order valence-corrected chi connectivity index (χ1v) is 50.9. The summed E-state index contributed by atoms with van der Waals surface area (Å²) in [5.74, 6) is 6.58. The summed E-state index contributed by atoms with van der Waals surface area (Å²) >= 11 is 0. The summed E-state index contributed by atoms with van der Waals surface area (Å²) in [4.78, 5) is 8.12. The first-order valence-electron chi connectivity index (χ1n) is 50.9. The highest BCUT2D eigenvalue weighted by Crippen LogP contribution is 2.53. The molecule has 15 heterocycles. The maximum Gasteiger partial charge on any atom is 0.102 e. The van der Waals surface area contributed by atoms with Crippen LogP contribution in [0.5, 0.6) is 0 Å². The third-order valence-electron chi connectivity index (χ3n) is 39.9. The van der Waals surface area contributed by atoms with Crippen molar-refractivity contribution < 1.29 is 35.9 Å². The van der Waals surface area contributed by atoms with Gasteiger partial charge in [0.15, 0.2) is 0 Å². The third-order valence-corrected chi connectivity index (χ3v) is 39.9. The highest BCUT2D eigenvalue weighted by Gasteiger charge is 2.62. The molecule has 672 valence electrons. The van der Waals surface area contributed by atoms with Gasteiger partial charge in [-0.05, 0) is 228 Å². The average Bonchev–Trinajstić information content (AvgIpc) is 1.53. The smallest absolute Gasteiger partial charge is 0.102 e. The van der Waals surface area contributed by atoms with E-state index in [0.717, 1.165) is 185 Å². The van der Waals surface area contributed by atoms with Crippen LogP contribution in [0.2, 0.25) is 0 Å². The number of quaternary nitrogens is 8. The van der Waals surface area contributed by atoms with E-state index in [-0.39, 0.29) is 0 Å². The van der Waals surface area contributed by atoms with Crippen LogP contribution < -0.4 is 0 Å². The van der Waals surface area contributed by atoms with E-state index < -0.39 is 0 Å². The molecule has 15 saturated heterocycles. The van der Waals surface area contributed by atoms with Crippen LogP contribution >= 0.6 is 0 Å². The maximum atomic E-state index is 2.73. The summed E-state index contributed by atoms with van der Waals surface area (Å²) in [6, 6.07) is 19.5. The average molecular weight is 1610 g/mol. The standard InChI is InChI=1S/C15H30N.C14H29N2.C14H28N.2C13H27N2.2C13H26N.C8H20N/c1-11(2)13-9-14-7-6-8-15(10-13)16(14,5)12(3)4;1-11(2)15-9-13-7-6-8-14(10-15)16(13,5)12(3)4;1-10(2)12-8-13-6-7-14(9-12)15(13,5)11(3)4;1-10(2)14-8-13-7-6-12(14)9-15(13,5)11(3)4;1-10(2)14-8-12-6-7-13(9-14)15(12,5)11(3)4;1-11(2)13-7-5-9-14(13,12(3)4)10-6-8-13;1-10(2)12-7-9-14(11(3)4)8-5-6-13(12)14;1-7(2)9(5,6)8(3)4/h11-15H,6-10H2,1-5H3;11-14H,6-10H2,1-5H3;10-14H,6-9H2,1-5H3;2*10-13H,6-9H2,1-5H3;11-12H,5-10H2,1-4H3;10-13H,5-9H2,1-4H3;7-8H,1-6H3/q8*+1. The number of fused-ring (bicyclic) bond motifs is 13. The lowest BCUT2D eigenvalue weighted by atomic mass is 9.72. The largest absolute Gasteiger partial charge is 0.325 e. The molecule has 0 aromatic carbocycles. The first-order chi connectivity index (χ1) is 52.8. The summed E-state index contributed by atoms with van der Waals surface area (Å²) in [5, 5.41) is 0. The zero-order valence-corrected chi connectivity index (χ0v) is 85.1. The number of likely N-dealkylation sites (tertiary alicyclic amines) is 2. The summed E-state index contributed by atoms with van der Waals surface area (Å²) < 4.78 is 10.8. The fourth-order valence-electron chi connectivity index (χ4n) is 28.9. The maximum absolute atomic E-state index is 2.73. The molecule has 15 aliphatic heterocycles. The molecule has 10 bridgehead atoms. The molecule has 0 radical (unpaired) electrons. The Bertz CT molecular complexity index is 2610. The predicted molar refractivity (Wildman–Crippen MR) is 500 cm³/mol. The molecule has 15 aliphatic rings. The van der Waals surface area contributed by atoms with Gasteiger partial charge in [-0.3, -0.25) is 14.7 Å². The van der Waals surface area contributed by atoms with E-state index in [1.807, 2.05) is 0 Å². The molecule has 114 heavy (non-hydrogen) atoms. The van der Waals surface area contributed by atoms with E-state index in [0.29, 0.717) is 5.54 Å². The van der Waals surface area contributed by atoms with Gasteiger partial charge in [0.1, 0.15) is 35.7 Å². The van der Waals surface area contributed by atoms with E-state index >= 15 is 0 Å². The monoisotopic (exact) mass is 1600 g/mol. The number of piperidine rings is 6. The van der Waals surface area contributed by atoms with Gasteiger partial charge in [0.2, 0.25) is 0 Å². The second-order valence-electron chi connectivity index (χ2n) is 48.8. The Kier molecular flexibility index (Phi) is 35.9. The van der Waals surface area contributed by atoms with Crippen molar-refractivity contribution in [1.29, 1.82) is 0 Å². The number of piperazine rings is 3. The van der Waals surface area contributed by atoms with E-state index in [4.69, 9.17) is 0 Å². The molecule has 11 heteroatoms. The molecule has 0 aliphatic carbocycles. The second kappa shape index (κ2) is 40.7. The van der Waals surface area contributed by atoms with Crippen LogP contribution in [0.1, 0.15) is 369 Å². The minimum atomic E-state index is 0.661. The fourth-order valence-corrected chi connectivity index (χ4v) is 28.9. The lowest BCUT2D eigenvalue weighted by molar-refractivity contribution is -0.986. The number of hydrogen-bond donors (Lipinski definition) is 0. The van der Waals surface area contributed by atoms with Crippen molar-refractivity contribution in [2.24, 2.45) is 41.4 Å². The first kappa shape index (κ1) is 101. The third kappa shape index (κ3) is 20.6. The highest BCUT2D eigenvalue weighted by molar-refractivity contribution is 4.97. The van der Waals surface area contributed by atoms with Crippen LogP contribution in [-0.4, -0.2) is 310 Å². The van der Waals surface area contributed by atoms with Gasteiger partial charge in [-0.1, -0.05) is 55.4 Å². The second-order valence-corrected chi connectivity index (χ2v) is 48.8. The van der Waals surface area contributed by atoms with E-state index in [1.54, 1.807) is 0 Å². The molecular formula is C103H213N11+8. The predicted octanol–water partition coefficient (Wildman–Crippen LogP) is 22.1. The number of rotatable bonds is 16. The molecule has 0 spiro atoms. The zero-order chi connectivity index (χ0) is 85.9. The topological polar surface area (TPSA) is 9.72 Å². The molecule has 14 atom stereocenters. The lowest BCUT2D eigenvalue weighted by Crippen LogP contribution is -2.73. The Labute approximate surface area is 716 Å². The molecule has 0 aromatic rings. The van der Waals surface area contributed by atoms with Gasteiger partial charge >= 0.3 is 0 Å². The number of hydrogen-bond acceptors (Lipinski definition) is 3. The summed E-state index contributed by atoms with van der Waals surface area (Å²) in [7, 11) is 17.1. The van der Waals surface area contributed by atoms with Crippen LogP contribution in [0, 0.1) is 41.4 Å². The molecule has 0 aromatic heterocycles. The van der Waals surface area contributed by atoms with Crippen molar-refractivity contribution in [3.8, 4) is 0 Å². The molecule has 0 N–H and O–H groups in total. The molecule has 0 amide bonds. The summed E-state index contributed by atoms with van der Waals surface area (Å²) in [6.45, 7) is 90.2. The van der Waals surface area contributed by atoms with Crippen LogP contribution in [0.4, 0.5) is 0 Å².